The van der Waals surface area contributed by atoms with E-state index < -0.39 is 34.3 Å². The fraction of sp³-hybridized carbons (Fsp3) is 0.391. The minimum Gasteiger partial charge on any atom is -0.355 e. The SMILES string of the molecule is CCNC(=O)[C@@H](C)N(Cc1ccc(F)cc1)C(=O)CN(c1c(C)cccc1C)S(C)(=O)=O. The average molecular weight is 464 g/mol. The summed E-state index contributed by atoms with van der Waals surface area (Å²) in [6.07, 6.45) is 1.05. The van der Waals surface area contributed by atoms with Crippen molar-refractivity contribution >= 4 is 27.5 Å². The van der Waals surface area contributed by atoms with Gasteiger partial charge in [0.15, 0.2) is 0 Å². The molecule has 0 aliphatic rings. The van der Waals surface area contributed by atoms with Crippen LogP contribution in [0.3, 0.4) is 0 Å². The van der Waals surface area contributed by atoms with Crippen LogP contribution in [0.5, 0.6) is 0 Å². The predicted molar refractivity (Wildman–Crippen MR) is 123 cm³/mol. The Morgan fingerprint density at radius 3 is 2.12 bits per heavy atom. The van der Waals surface area contributed by atoms with E-state index in [0.717, 1.165) is 10.6 Å². The quantitative estimate of drug-likeness (QED) is 0.620. The summed E-state index contributed by atoms with van der Waals surface area (Å²) in [5, 5.41) is 2.68. The molecular weight excluding hydrogens is 433 g/mol. The number of para-hydroxylation sites is 1. The maximum absolute atomic E-state index is 13.4. The number of hydrogen-bond acceptors (Lipinski definition) is 4. The number of benzene rings is 2. The van der Waals surface area contributed by atoms with Gasteiger partial charge in [-0.3, -0.25) is 13.9 Å². The Kier molecular flexibility index (Phi) is 8.38. The van der Waals surface area contributed by atoms with Gasteiger partial charge < -0.3 is 10.2 Å². The molecule has 2 amide bonds. The van der Waals surface area contributed by atoms with Gasteiger partial charge in [-0.25, -0.2) is 12.8 Å². The van der Waals surface area contributed by atoms with E-state index in [1.165, 1.54) is 29.2 Å². The van der Waals surface area contributed by atoms with Crippen molar-refractivity contribution in [2.45, 2.75) is 40.3 Å². The third-order valence-electron chi connectivity index (χ3n) is 5.15. The Morgan fingerprint density at radius 2 is 1.62 bits per heavy atom. The number of halogens is 1. The molecular formula is C23H30FN3O4S. The zero-order valence-corrected chi connectivity index (χ0v) is 19.9. The molecule has 0 saturated heterocycles. The molecule has 0 aromatic heterocycles. The molecule has 0 spiro atoms. The average Bonchev–Trinajstić information content (AvgIpc) is 2.71. The second kappa shape index (κ2) is 10.6. The molecule has 0 aliphatic carbocycles. The number of nitrogens with zero attached hydrogens (tertiary/aromatic N) is 2. The van der Waals surface area contributed by atoms with Crippen LogP contribution in [-0.4, -0.2) is 50.5 Å². The number of likely N-dealkylation sites (N-methyl/N-ethyl adjacent to an activating group) is 1. The van der Waals surface area contributed by atoms with E-state index in [2.05, 4.69) is 5.32 Å². The monoisotopic (exact) mass is 463 g/mol. The van der Waals surface area contributed by atoms with Gasteiger partial charge in [0, 0.05) is 13.1 Å². The van der Waals surface area contributed by atoms with Gasteiger partial charge in [-0.2, -0.15) is 0 Å². The zero-order valence-electron chi connectivity index (χ0n) is 19.1. The number of carbonyl (C=O) groups is 2. The number of nitrogens with one attached hydrogen (secondary N) is 1. The van der Waals surface area contributed by atoms with Crippen LogP contribution in [0.2, 0.25) is 0 Å². The minimum atomic E-state index is -3.79. The van der Waals surface area contributed by atoms with Gasteiger partial charge in [-0.1, -0.05) is 30.3 Å². The maximum atomic E-state index is 13.4. The van der Waals surface area contributed by atoms with Gasteiger partial charge in [0.1, 0.15) is 18.4 Å². The summed E-state index contributed by atoms with van der Waals surface area (Å²) in [5.41, 5.74) is 2.49. The third-order valence-corrected chi connectivity index (χ3v) is 6.26. The molecule has 0 aliphatic heterocycles. The van der Waals surface area contributed by atoms with Crippen molar-refractivity contribution in [2.24, 2.45) is 0 Å². The highest BCUT2D eigenvalue weighted by Crippen LogP contribution is 2.27. The van der Waals surface area contributed by atoms with E-state index in [9.17, 15) is 22.4 Å². The lowest BCUT2D eigenvalue weighted by atomic mass is 10.1. The number of sulfonamides is 1. The van der Waals surface area contributed by atoms with E-state index in [-0.39, 0.29) is 12.5 Å². The Labute approximate surface area is 189 Å². The highest BCUT2D eigenvalue weighted by atomic mass is 32.2. The molecule has 9 heteroatoms. The lowest BCUT2D eigenvalue weighted by molar-refractivity contribution is -0.139. The lowest BCUT2D eigenvalue weighted by Crippen LogP contribution is -2.51. The molecule has 0 fully saturated rings. The molecule has 0 heterocycles. The first-order valence-corrected chi connectivity index (χ1v) is 12.2. The second-order valence-electron chi connectivity index (χ2n) is 7.73. The number of anilines is 1. The van der Waals surface area contributed by atoms with Crippen LogP contribution in [0.15, 0.2) is 42.5 Å². The summed E-state index contributed by atoms with van der Waals surface area (Å²) in [4.78, 5) is 27.2. The first kappa shape index (κ1) is 25.3. The van der Waals surface area contributed by atoms with Crippen LogP contribution in [0.4, 0.5) is 10.1 Å². The summed E-state index contributed by atoms with van der Waals surface area (Å²) in [5.74, 6) is -1.32. The lowest BCUT2D eigenvalue weighted by Gasteiger charge is -2.32. The Balaban J connectivity index is 2.43. The smallest absolute Gasteiger partial charge is 0.244 e. The van der Waals surface area contributed by atoms with E-state index >= 15 is 0 Å². The van der Waals surface area contributed by atoms with E-state index in [4.69, 9.17) is 0 Å². The standard InChI is InChI=1S/C23H30FN3O4S/c1-6-25-23(29)18(4)26(14-19-10-12-20(24)13-11-19)21(28)15-27(32(5,30)31)22-16(2)8-7-9-17(22)3/h7-13,18H,6,14-15H2,1-5H3,(H,25,29)/t18-/m1/s1. The van der Waals surface area contributed by atoms with Gasteiger partial charge in [0.05, 0.1) is 11.9 Å². The molecule has 32 heavy (non-hydrogen) atoms. The summed E-state index contributed by atoms with van der Waals surface area (Å²) >= 11 is 0. The van der Waals surface area contributed by atoms with Crippen molar-refractivity contribution in [1.82, 2.24) is 10.2 Å². The number of hydrogen-bond donors (Lipinski definition) is 1. The van der Waals surface area contributed by atoms with Crippen molar-refractivity contribution in [2.75, 3.05) is 23.7 Å². The highest BCUT2D eigenvalue weighted by molar-refractivity contribution is 7.92. The van der Waals surface area contributed by atoms with Gasteiger partial charge in [0.25, 0.3) is 0 Å². The largest absolute Gasteiger partial charge is 0.355 e. The van der Waals surface area contributed by atoms with Crippen LogP contribution < -0.4 is 9.62 Å². The minimum absolute atomic E-state index is 0.0295. The summed E-state index contributed by atoms with van der Waals surface area (Å²) in [7, 11) is -3.79. The van der Waals surface area contributed by atoms with Crippen molar-refractivity contribution in [3.63, 3.8) is 0 Å². The van der Waals surface area contributed by atoms with Crippen LogP contribution in [0.1, 0.15) is 30.5 Å². The van der Waals surface area contributed by atoms with Crippen LogP contribution in [0, 0.1) is 19.7 Å². The molecule has 0 radical (unpaired) electrons. The van der Waals surface area contributed by atoms with Gasteiger partial charge >= 0.3 is 0 Å². The van der Waals surface area contributed by atoms with Gasteiger partial charge in [-0.05, 0) is 56.5 Å². The number of aryl methyl sites for hydroxylation is 2. The first-order chi connectivity index (χ1) is 15.0. The molecule has 1 atom stereocenters. The molecule has 2 rings (SSSR count). The van der Waals surface area contributed by atoms with Crippen molar-refractivity contribution in [3.8, 4) is 0 Å². The maximum Gasteiger partial charge on any atom is 0.244 e. The summed E-state index contributed by atoms with van der Waals surface area (Å²) in [6.45, 7) is 6.85. The van der Waals surface area contributed by atoms with Crippen molar-refractivity contribution in [1.29, 1.82) is 0 Å². The van der Waals surface area contributed by atoms with Crippen molar-refractivity contribution < 1.29 is 22.4 Å². The van der Waals surface area contributed by atoms with E-state index in [1.54, 1.807) is 39.8 Å². The second-order valence-corrected chi connectivity index (χ2v) is 9.64. The van der Waals surface area contributed by atoms with Crippen molar-refractivity contribution in [3.05, 3.63) is 65.0 Å². The Morgan fingerprint density at radius 1 is 1.06 bits per heavy atom. The predicted octanol–water partition coefficient (Wildman–Crippen LogP) is 2.76. The fourth-order valence-corrected chi connectivity index (χ4v) is 4.43. The summed E-state index contributed by atoms with van der Waals surface area (Å²) in [6, 6.07) is 10.1. The third kappa shape index (κ3) is 6.29. The first-order valence-electron chi connectivity index (χ1n) is 10.3. The van der Waals surface area contributed by atoms with E-state index in [0.29, 0.717) is 28.9 Å². The molecule has 174 valence electrons. The van der Waals surface area contributed by atoms with Crippen LogP contribution in [-0.2, 0) is 26.2 Å². The van der Waals surface area contributed by atoms with Crippen LogP contribution in [0.25, 0.3) is 0 Å². The zero-order chi connectivity index (χ0) is 24.1. The van der Waals surface area contributed by atoms with Gasteiger partial charge in [-0.15, -0.1) is 0 Å². The molecule has 0 saturated carbocycles. The molecule has 2 aromatic carbocycles. The molecule has 0 unspecified atom stereocenters. The summed E-state index contributed by atoms with van der Waals surface area (Å²) < 4.78 is 39.7. The number of amides is 2. The molecule has 2 aromatic rings. The number of carbonyl (C=O) groups excluding carboxylic acids is 2. The number of rotatable bonds is 9. The van der Waals surface area contributed by atoms with E-state index in [1.807, 2.05) is 6.07 Å². The Bertz CT molecular complexity index is 1050. The van der Waals surface area contributed by atoms with Crippen LogP contribution >= 0.6 is 0 Å². The van der Waals surface area contributed by atoms with Gasteiger partial charge in [0.2, 0.25) is 21.8 Å². The highest BCUT2D eigenvalue weighted by Gasteiger charge is 2.30. The molecule has 7 nitrogen and oxygen atoms in total. The molecule has 1 N–H and O–H groups in total. The molecule has 0 bridgehead atoms. The fourth-order valence-electron chi connectivity index (χ4n) is 3.47. The topological polar surface area (TPSA) is 86.8 Å². The Hall–Kier alpha value is -2.94. The normalized spacial score (nSPS) is 12.2.